The molecule has 1 fully saturated rings. The van der Waals surface area contributed by atoms with Crippen molar-refractivity contribution in [3.05, 3.63) is 54.6 Å². The molecule has 0 amide bonds. The van der Waals surface area contributed by atoms with Gasteiger partial charge in [-0.05, 0) is 36.4 Å². The van der Waals surface area contributed by atoms with Crippen molar-refractivity contribution in [1.29, 1.82) is 0 Å². The molecule has 4 rings (SSSR count). The number of benzene rings is 2. The Morgan fingerprint density at radius 2 is 1.78 bits per heavy atom. The van der Waals surface area contributed by atoms with Crippen LogP contribution in [0.15, 0.2) is 64.6 Å². The highest BCUT2D eigenvalue weighted by molar-refractivity contribution is 6.04. The summed E-state index contributed by atoms with van der Waals surface area (Å²) in [7, 11) is 0. The highest BCUT2D eigenvalue weighted by Gasteiger charge is 2.32. The van der Waals surface area contributed by atoms with Crippen molar-refractivity contribution >= 4 is 17.9 Å². The fourth-order valence-electron chi connectivity index (χ4n) is 2.63. The summed E-state index contributed by atoms with van der Waals surface area (Å²) in [5.74, 6) is 2.49. The Bertz CT molecular complexity index is 726. The van der Waals surface area contributed by atoms with Gasteiger partial charge in [0.1, 0.15) is 29.7 Å². The molecular formula is C17H17N5O. The topological polar surface area (TPSA) is 70.0 Å². The van der Waals surface area contributed by atoms with Crippen LogP contribution in [0.4, 0.5) is 5.69 Å². The summed E-state index contributed by atoms with van der Waals surface area (Å²) < 4.78 is 5.79. The molecule has 0 saturated carbocycles. The predicted molar refractivity (Wildman–Crippen MR) is 91.2 cm³/mol. The molecule has 0 aliphatic carbocycles. The van der Waals surface area contributed by atoms with E-state index in [1.165, 1.54) is 0 Å². The van der Waals surface area contributed by atoms with Gasteiger partial charge < -0.3 is 10.1 Å². The first kappa shape index (κ1) is 13.9. The largest absolute Gasteiger partial charge is 0.457 e. The van der Waals surface area contributed by atoms with Gasteiger partial charge >= 0.3 is 0 Å². The maximum Gasteiger partial charge on any atom is 0.129 e. The number of anilines is 1. The molecule has 2 aromatic rings. The van der Waals surface area contributed by atoms with Crippen molar-refractivity contribution in [1.82, 2.24) is 10.9 Å². The number of nitrogens with one attached hydrogen (secondary N) is 3. The van der Waals surface area contributed by atoms with E-state index in [4.69, 9.17) is 4.74 Å². The number of ether oxygens (including phenoxy) is 1. The van der Waals surface area contributed by atoms with Crippen molar-refractivity contribution in [2.75, 3.05) is 11.9 Å². The predicted octanol–water partition coefficient (Wildman–Crippen LogP) is 2.18. The van der Waals surface area contributed by atoms with Crippen molar-refractivity contribution in [2.45, 2.75) is 12.1 Å². The first-order valence-corrected chi connectivity index (χ1v) is 7.56. The molecule has 2 atom stereocenters. The number of para-hydroxylation sites is 1. The minimum absolute atomic E-state index is 0.0836. The zero-order valence-electron chi connectivity index (χ0n) is 12.4. The lowest BCUT2D eigenvalue weighted by Crippen LogP contribution is -2.45. The number of amidine groups is 1. The van der Waals surface area contributed by atoms with Gasteiger partial charge in [-0.1, -0.05) is 18.2 Å². The summed E-state index contributed by atoms with van der Waals surface area (Å²) in [6.45, 7) is 0.811. The van der Waals surface area contributed by atoms with Gasteiger partial charge in [-0.2, -0.15) is 0 Å². The maximum absolute atomic E-state index is 5.79. The SMILES string of the molecule is C1=NC2CNNC2C(Nc2ccc(Oc3ccccc3)cc2)=N1. The van der Waals surface area contributed by atoms with E-state index in [2.05, 4.69) is 26.2 Å². The average molecular weight is 307 g/mol. The zero-order valence-corrected chi connectivity index (χ0v) is 12.4. The molecule has 0 radical (unpaired) electrons. The quantitative estimate of drug-likeness (QED) is 0.813. The van der Waals surface area contributed by atoms with Crippen LogP contribution in [0.1, 0.15) is 0 Å². The Labute approximate surface area is 134 Å². The lowest BCUT2D eigenvalue weighted by Gasteiger charge is -2.21. The molecule has 6 nitrogen and oxygen atoms in total. The smallest absolute Gasteiger partial charge is 0.129 e. The monoisotopic (exact) mass is 307 g/mol. The lowest BCUT2D eigenvalue weighted by atomic mass is 10.1. The standard InChI is InChI=1S/C17H17N5O/c1-2-4-13(5-3-1)23-14-8-6-12(7-9-14)21-17-16-15(10-20-22-16)18-11-19-17/h1-9,11,15-16,20,22H,10H2,(H,18,19,21). The van der Waals surface area contributed by atoms with Crippen LogP contribution in [-0.2, 0) is 0 Å². The van der Waals surface area contributed by atoms with Gasteiger partial charge in [-0.25, -0.2) is 10.4 Å². The lowest BCUT2D eigenvalue weighted by molar-refractivity contribution is 0.483. The Kier molecular flexibility index (Phi) is 3.75. The number of nitrogens with zero attached hydrogens (tertiary/aromatic N) is 2. The van der Waals surface area contributed by atoms with E-state index < -0.39 is 0 Å². The Morgan fingerprint density at radius 3 is 2.61 bits per heavy atom. The molecule has 0 bridgehead atoms. The van der Waals surface area contributed by atoms with Crippen LogP contribution >= 0.6 is 0 Å². The van der Waals surface area contributed by atoms with E-state index in [1.807, 2.05) is 54.6 Å². The van der Waals surface area contributed by atoms with Gasteiger partial charge in [0.05, 0.1) is 6.04 Å². The molecule has 6 heteroatoms. The highest BCUT2D eigenvalue weighted by atomic mass is 16.5. The second-order valence-corrected chi connectivity index (χ2v) is 5.41. The summed E-state index contributed by atoms with van der Waals surface area (Å²) >= 11 is 0. The third kappa shape index (κ3) is 3.08. The molecule has 116 valence electrons. The van der Waals surface area contributed by atoms with Crippen LogP contribution in [0.25, 0.3) is 0 Å². The second-order valence-electron chi connectivity index (χ2n) is 5.41. The molecule has 1 saturated heterocycles. The van der Waals surface area contributed by atoms with Gasteiger partial charge in [-0.3, -0.25) is 10.4 Å². The van der Waals surface area contributed by atoms with Crippen LogP contribution in [0.2, 0.25) is 0 Å². The number of hydrogen-bond acceptors (Lipinski definition) is 6. The minimum Gasteiger partial charge on any atom is -0.457 e. The summed E-state index contributed by atoms with van der Waals surface area (Å²) in [5, 5.41) is 3.34. The number of hydrogen-bond donors (Lipinski definition) is 3. The van der Waals surface area contributed by atoms with Gasteiger partial charge in [0.2, 0.25) is 0 Å². The number of aliphatic imine (C=N–C) groups is 2. The van der Waals surface area contributed by atoms with E-state index in [1.54, 1.807) is 6.34 Å². The zero-order chi connectivity index (χ0) is 15.5. The van der Waals surface area contributed by atoms with Crippen molar-refractivity contribution in [3.63, 3.8) is 0 Å². The molecule has 2 aromatic carbocycles. The third-order valence-electron chi connectivity index (χ3n) is 3.81. The summed E-state index contributed by atoms with van der Waals surface area (Å²) in [5.41, 5.74) is 7.27. The summed E-state index contributed by atoms with van der Waals surface area (Å²) in [6, 6.07) is 17.8. The molecule has 0 aromatic heterocycles. The fourth-order valence-corrected chi connectivity index (χ4v) is 2.63. The first-order valence-electron chi connectivity index (χ1n) is 7.56. The van der Waals surface area contributed by atoms with E-state index >= 15 is 0 Å². The first-order chi connectivity index (χ1) is 11.4. The summed E-state index contributed by atoms with van der Waals surface area (Å²) in [4.78, 5) is 8.68. The number of fused-ring (bicyclic) bond motifs is 1. The Morgan fingerprint density at radius 1 is 1.00 bits per heavy atom. The molecule has 2 unspecified atom stereocenters. The van der Waals surface area contributed by atoms with E-state index in [0.29, 0.717) is 0 Å². The van der Waals surface area contributed by atoms with Crippen LogP contribution in [0, 0.1) is 0 Å². The minimum atomic E-state index is 0.0836. The average Bonchev–Trinajstić information content (AvgIpc) is 3.07. The van der Waals surface area contributed by atoms with E-state index in [0.717, 1.165) is 29.6 Å². The van der Waals surface area contributed by atoms with Crippen LogP contribution in [-0.4, -0.2) is 30.8 Å². The van der Waals surface area contributed by atoms with Crippen molar-refractivity contribution in [3.8, 4) is 11.5 Å². The maximum atomic E-state index is 5.79. The van der Waals surface area contributed by atoms with Crippen LogP contribution < -0.4 is 20.9 Å². The fraction of sp³-hybridized carbons (Fsp3) is 0.176. The van der Waals surface area contributed by atoms with E-state index in [9.17, 15) is 0 Å². The molecule has 2 aliphatic rings. The Hall–Kier alpha value is -2.70. The van der Waals surface area contributed by atoms with Gasteiger partial charge in [0, 0.05) is 12.2 Å². The molecule has 3 N–H and O–H groups in total. The number of hydrazine groups is 1. The van der Waals surface area contributed by atoms with Crippen LogP contribution in [0.5, 0.6) is 11.5 Å². The third-order valence-corrected chi connectivity index (χ3v) is 3.81. The van der Waals surface area contributed by atoms with E-state index in [-0.39, 0.29) is 12.1 Å². The second kappa shape index (κ2) is 6.20. The molecule has 0 spiro atoms. The highest BCUT2D eigenvalue weighted by Crippen LogP contribution is 2.23. The Balaban J connectivity index is 1.44. The van der Waals surface area contributed by atoms with Gasteiger partial charge in [-0.15, -0.1) is 0 Å². The molecule has 23 heavy (non-hydrogen) atoms. The van der Waals surface area contributed by atoms with Crippen molar-refractivity contribution in [2.24, 2.45) is 9.98 Å². The normalized spacial score (nSPS) is 22.3. The molecule has 2 heterocycles. The molecule has 2 aliphatic heterocycles. The van der Waals surface area contributed by atoms with Crippen molar-refractivity contribution < 1.29 is 4.74 Å². The number of rotatable bonds is 3. The van der Waals surface area contributed by atoms with Gasteiger partial charge in [0.15, 0.2) is 0 Å². The van der Waals surface area contributed by atoms with Gasteiger partial charge in [0.25, 0.3) is 0 Å². The summed E-state index contributed by atoms with van der Waals surface area (Å²) in [6.07, 6.45) is 1.62. The van der Waals surface area contributed by atoms with Crippen LogP contribution in [0.3, 0.4) is 0 Å². The molecular weight excluding hydrogens is 290 g/mol.